The molecule has 0 radical (unpaired) electrons. The second kappa shape index (κ2) is 5.16. The number of halogens is 1. The molecule has 0 aliphatic heterocycles. The lowest BCUT2D eigenvalue weighted by Gasteiger charge is -2.06. The van der Waals surface area contributed by atoms with Crippen molar-refractivity contribution in [1.29, 1.82) is 0 Å². The van der Waals surface area contributed by atoms with Crippen LogP contribution < -0.4 is 10.7 Å². The molecule has 3 N–H and O–H groups in total. The van der Waals surface area contributed by atoms with Gasteiger partial charge in [-0.25, -0.2) is 0 Å². The lowest BCUT2D eigenvalue weighted by molar-refractivity contribution is 0.102. The van der Waals surface area contributed by atoms with Crippen molar-refractivity contribution in [3.05, 3.63) is 57.0 Å². The summed E-state index contributed by atoms with van der Waals surface area (Å²) in [5.41, 5.74) is 0.718. The third-order valence-corrected chi connectivity index (χ3v) is 2.81. The number of hydrogen-bond acceptors (Lipinski definition) is 3. The number of aromatic nitrogens is 1. The number of H-pyrrole nitrogens is 1. The molecular formula is C13H11ClN2O3. The van der Waals surface area contributed by atoms with Gasteiger partial charge in [0.1, 0.15) is 11.3 Å². The molecule has 1 amide bonds. The minimum absolute atomic E-state index is 0.00907. The first-order valence-corrected chi connectivity index (χ1v) is 5.84. The summed E-state index contributed by atoms with van der Waals surface area (Å²) in [5.74, 6) is -0.615. The van der Waals surface area contributed by atoms with Gasteiger partial charge in [0.15, 0.2) is 5.43 Å². The molecule has 0 bridgehead atoms. The number of phenols is 1. The zero-order valence-corrected chi connectivity index (χ0v) is 10.8. The highest BCUT2D eigenvalue weighted by Gasteiger charge is 2.11. The number of aromatic hydroxyl groups is 1. The Morgan fingerprint density at radius 3 is 2.74 bits per heavy atom. The SMILES string of the molecule is Cc1cc(=O)c(C(=O)Nc2ccc(O)c(Cl)c2)c[nH]1. The maximum Gasteiger partial charge on any atom is 0.261 e. The predicted molar refractivity (Wildman–Crippen MR) is 72.9 cm³/mol. The van der Waals surface area contributed by atoms with Crippen LogP contribution in [0.1, 0.15) is 16.1 Å². The average Bonchev–Trinajstić information content (AvgIpc) is 2.33. The van der Waals surface area contributed by atoms with E-state index in [1.54, 1.807) is 6.92 Å². The van der Waals surface area contributed by atoms with E-state index in [1.165, 1.54) is 30.5 Å². The molecule has 98 valence electrons. The second-order valence-electron chi connectivity index (χ2n) is 4.01. The minimum atomic E-state index is -0.539. The van der Waals surface area contributed by atoms with E-state index in [-0.39, 0.29) is 21.8 Å². The Labute approximate surface area is 113 Å². The molecular weight excluding hydrogens is 268 g/mol. The van der Waals surface area contributed by atoms with Crippen molar-refractivity contribution in [2.45, 2.75) is 6.92 Å². The Morgan fingerprint density at radius 2 is 2.11 bits per heavy atom. The van der Waals surface area contributed by atoms with Gasteiger partial charge in [0.2, 0.25) is 0 Å². The molecule has 0 spiro atoms. The summed E-state index contributed by atoms with van der Waals surface area (Å²) in [7, 11) is 0. The van der Waals surface area contributed by atoms with E-state index in [1.807, 2.05) is 0 Å². The Hall–Kier alpha value is -2.27. The van der Waals surface area contributed by atoms with Crippen molar-refractivity contribution in [3.63, 3.8) is 0 Å². The lowest BCUT2D eigenvalue weighted by Crippen LogP contribution is -2.21. The molecule has 0 aliphatic carbocycles. The fourth-order valence-corrected chi connectivity index (χ4v) is 1.71. The molecule has 0 atom stereocenters. The molecule has 2 rings (SSSR count). The van der Waals surface area contributed by atoms with Gasteiger partial charge in [0.05, 0.1) is 5.02 Å². The highest BCUT2D eigenvalue weighted by molar-refractivity contribution is 6.32. The standard InChI is InChI=1S/C13H11ClN2O3/c1-7-4-12(18)9(6-15-7)13(19)16-8-2-3-11(17)10(14)5-8/h2-6,17H,1H3,(H,15,18)(H,16,19). The summed E-state index contributed by atoms with van der Waals surface area (Å²) < 4.78 is 0. The molecule has 5 nitrogen and oxygen atoms in total. The fourth-order valence-electron chi connectivity index (χ4n) is 1.53. The van der Waals surface area contributed by atoms with E-state index in [4.69, 9.17) is 11.6 Å². The normalized spacial score (nSPS) is 10.2. The summed E-state index contributed by atoms with van der Waals surface area (Å²) in [5, 5.41) is 11.9. The number of hydrogen-bond donors (Lipinski definition) is 3. The van der Waals surface area contributed by atoms with Crippen LogP contribution in [0.2, 0.25) is 5.02 Å². The number of rotatable bonds is 2. The number of anilines is 1. The molecule has 0 unspecified atom stereocenters. The van der Waals surface area contributed by atoms with Crippen molar-refractivity contribution < 1.29 is 9.90 Å². The first kappa shape index (κ1) is 13.2. The van der Waals surface area contributed by atoms with E-state index in [2.05, 4.69) is 10.3 Å². The van der Waals surface area contributed by atoms with Crippen LogP contribution in [0.15, 0.2) is 35.3 Å². The Morgan fingerprint density at radius 1 is 1.37 bits per heavy atom. The number of pyridine rings is 1. The molecule has 1 aromatic heterocycles. The van der Waals surface area contributed by atoms with E-state index in [9.17, 15) is 14.7 Å². The van der Waals surface area contributed by atoms with E-state index >= 15 is 0 Å². The Kier molecular flexibility index (Phi) is 3.57. The molecule has 0 saturated carbocycles. The highest BCUT2D eigenvalue weighted by Crippen LogP contribution is 2.26. The van der Waals surface area contributed by atoms with Gasteiger partial charge in [-0.2, -0.15) is 0 Å². The van der Waals surface area contributed by atoms with Gasteiger partial charge in [-0.05, 0) is 25.1 Å². The third-order valence-electron chi connectivity index (χ3n) is 2.51. The number of amides is 1. The number of aryl methyl sites for hydroxylation is 1. The van der Waals surface area contributed by atoms with Gasteiger partial charge in [0, 0.05) is 23.6 Å². The van der Waals surface area contributed by atoms with Crippen LogP contribution >= 0.6 is 11.6 Å². The van der Waals surface area contributed by atoms with Crippen LogP contribution in [-0.2, 0) is 0 Å². The van der Waals surface area contributed by atoms with Crippen molar-refractivity contribution in [1.82, 2.24) is 4.98 Å². The quantitative estimate of drug-likeness (QED) is 0.737. The summed E-state index contributed by atoms with van der Waals surface area (Å²) >= 11 is 5.73. The molecule has 0 aliphatic rings. The average molecular weight is 279 g/mol. The fraction of sp³-hybridized carbons (Fsp3) is 0.0769. The summed E-state index contributed by atoms with van der Waals surface area (Å²) in [6.45, 7) is 1.73. The molecule has 0 fully saturated rings. The van der Waals surface area contributed by atoms with E-state index in [0.717, 1.165) is 0 Å². The molecule has 0 saturated heterocycles. The minimum Gasteiger partial charge on any atom is -0.506 e. The van der Waals surface area contributed by atoms with Gasteiger partial charge in [-0.15, -0.1) is 0 Å². The number of aromatic amines is 1. The van der Waals surface area contributed by atoms with Gasteiger partial charge in [0.25, 0.3) is 5.91 Å². The zero-order valence-electron chi connectivity index (χ0n) is 10.0. The summed E-state index contributed by atoms with van der Waals surface area (Å²) in [4.78, 5) is 26.4. The summed E-state index contributed by atoms with van der Waals surface area (Å²) in [6, 6.07) is 5.59. The molecule has 6 heteroatoms. The molecule has 2 aromatic rings. The number of carbonyl (C=O) groups is 1. The van der Waals surface area contributed by atoms with Crippen LogP contribution in [0.25, 0.3) is 0 Å². The Bertz CT molecular complexity index is 695. The molecule has 1 heterocycles. The van der Waals surface area contributed by atoms with Crippen molar-refractivity contribution >= 4 is 23.2 Å². The molecule has 1 aromatic carbocycles. The first-order chi connectivity index (χ1) is 8.97. The number of benzene rings is 1. The highest BCUT2D eigenvalue weighted by atomic mass is 35.5. The topological polar surface area (TPSA) is 82.2 Å². The van der Waals surface area contributed by atoms with E-state index < -0.39 is 5.91 Å². The number of phenolic OH excluding ortho intramolecular Hbond substituents is 1. The van der Waals surface area contributed by atoms with Gasteiger partial charge in [-0.1, -0.05) is 11.6 Å². The van der Waals surface area contributed by atoms with Crippen LogP contribution in [0.4, 0.5) is 5.69 Å². The Balaban J connectivity index is 2.25. The first-order valence-electron chi connectivity index (χ1n) is 5.46. The van der Waals surface area contributed by atoms with Crippen LogP contribution in [0.5, 0.6) is 5.75 Å². The van der Waals surface area contributed by atoms with E-state index in [0.29, 0.717) is 11.4 Å². The van der Waals surface area contributed by atoms with Gasteiger partial charge in [-0.3, -0.25) is 9.59 Å². The van der Waals surface area contributed by atoms with Crippen LogP contribution in [0.3, 0.4) is 0 Å². The summed E-state index contributed by atoms with van der Waals surface area (Å²) in [6.07, 6.45) is 1.36. The van der Waals surface area contributed by atoms with Gasteiger partial charge < -0.3 is 15.4 Å². The number of carbonyl (C=O) groups excluding carboxylic acids is 1. The maximum atomic E-state index is 11.9. The van der Waals surface area contributed by atoms with Crippen LogP contribution in [-0.4, -0.2) is 16.0 Å². The maximum absolute atomic E-state index is 11.9. The third kappa shape index (κ3) is 2.95. The lowest BCUT2D eigenvalue weighted by atomic mass is 10.2. The largest absolute Gasteiger partial charge is 0.506 e. The van der Waals surface area contributed by atoms with Crippen LogP contribution in [0, 0.1) is 6.92 Å². The zero-order chi connectivity index (χ0) is 14.0. The second-order valence-corrected chi connectivity index (χ2v) is 4.42. The van der Waals surface area contributed by atoms with Crippen molar-refractivity contribution in [3.8, 4) is 5.75 Å². The number of nitrogens with one attached hydrogen (secondary N) is 2. The van der Waals surface area contributed by atoms with Gasteiger partial charge >= 0.3 is 0 Å². The smallest absolute Gasteiger partial charge is 0.261 e. The monoisotopic (exact) mass is 278 g/mol. The predicted octanol–water partition coefficient (Wildman–Crippen LogP) is 2.29. The molecule has 19 heavy (non-hydrogen) atoms. The van der Waals surface area contributed by atoms with Crippen molar-refractivity contribution in [2.24, 2.45) is 0 Å². The van der Waals surface area contributed by atoms with Crippen molar-refractivity contribution in [2.75, 3.05) is 5.32 Å².